The van der Waals surface area contributed by atoms with Gasteiger partial charge in [0.2, 0.25) is 0 Å². The molecule has 0 atom stereocenters. The van der Waals surface area contributed by atoms with Crippen LogP contribution in [0.4, 0.5) is 14.5 Å². The van der Waals surface area contributed by atoms with Crippen molar-refractivity contribution in [3.05, 3.63) is 59.2 Å². The summed E-state index contributed by atoms with van der Waals surface area (Å²) in [5, 5.41) is 2.59. The van der Waals surface area contributed by atoms with Crippen molar-refractivity contribution < 1.29 is 18.3 Å². The highest BCUT2D eigenvalue weighted by Crippen LogP contribution is 2.17. The first-order valence-electron chi connectivity index (χ1n) is 6.17. The molecule has 6 heteroatoms. The zero-order valence-corrected chi connectivity index (χ0v) is 11.3. The molecular formula is C15H14F2N2O2. The molecule has 0 unspecified atom stereocenters. The Hall–Kier alpha value is -2.63. The fourth-order valence-corrected chi connectivity index (χ4v) is 1.78. The molecule has 4 nitrogen and oxygen atoms in total. The van der Waals surface area contributed by atoms with Crippen molar-refractivity contribution in [1.82, 2.24) is 5.32 Å². The molecule has 0 bridgehead atoms. The third-order valence-corrected chi connectivity index (χ3v) is 2.95. The molecule has 0 radical (unpaired) electrons. The number of nitrogen functional groups attached to an aromatic ring is 1. The van der Waals surface area contributed by atoms with Gasteiger partial charge in [-0.1, -0.05) is 12.1 Å². The molecule has 0 aliphatic rings. The highest BCUT2D eigenvalue weighted by molar-refractivity contribution is 5.99. The van der Waals surface area contributed by atoms with Crippen LogP contribution in [0.1, 0.15) is 15.9 Å². The predicted octanol–water partition coefficient (Wildman–Crippen LogP) is 2.49. The monoisotopic (exact) mass is 292 g/mol. The van der Waals surface area contributed by atoms with Crippen LogP contribution in [0.3, 0.4) is 0 Å². The average molecular weight is 292 g/mol. The number of anilines is 1. The minimum Gasteiger partial charge on any atom is -0.497 e. The van der Waals surface area contributed by atoms with E-state index >= 15 is 0 Å². The molecule has 3 N–H and O–H groups in total. The van der Waals surface area contributed by atoms with Crippen LogP contribution in [0, 0.1) is 11.6 Å². The van der Waals surface area contributed by atoms with Gasteiger partial charge in [-0.25, -0.2) is 8.78 Å². The van der Waals surface area contributed by atoms with E-state index in [2.05, 4.69) is 5.32 Å². The van der Waals surface area contributed by atoms with Gasteiger partial charge in [0.05, 0.1) is 12.7 Å². The molecule has 1 amide bonds. The number of benzene rings is 2. The summed E-state index contributed by atoms with van der Waals surface area (Å²) in [5.74, 6) is -2.06. The van der Waals surface area contributed by atoms with Crippen LogP contribution >= 0.6 is 0 Å². The molecule has 0 heterocycles. The summed E-state index contributed by atoms with van der Waals surface area (Å²) < 4.78 is 31.1. The second kappa shape index (κ2) is 6.21. The fraction of sp³-hybridized carbons (Fsp3) is 0.133. The van der Waals surface area contributed by atoms with Crippen molar-refractivity contribution in [3.63, 3.8) is 0 Å². The number of rotatable bonds is 4. The quantitative estimate of drug-likeness (QED) is 0.851. The van der Waals surface area contributed by atoms with Crippen LogP contribution in [-0.4, -0.2) is 13.0 Å². The lowest BCUT2D eigenvalue weighted by Gasteiger charge is -2.09. The maximum Gasteiger partial charge on any atom is 0.253 e. The predicted molar refractivity (Wildman–Crippen MR) is 74.9 cm³/mol. The van der Waals surface area contributed by atoms with Crippen molar-refractivity contribution in [3.8, 4) is 5.75 Å². The molecule has 0 aromatic heterocycles. The van der Waals surface area contributed by atoms with Gasteiger partial charge in [-0.15, -0.1) is 0 Å². The highest BCUT2D eigenvalue weighted by atomic mass is 19.2. The molecule has 0 saturated heterocycles. The first kappa shape index (κ1) is 14.8. The summed E-state index contributed by atoms with van der Waals surface area (Å²) in [6.07, 6.45) is 0. The minimum absolute atomic E-state index is 0.0950. The molecule has 21 heavy (non-hydrogen) atoms. The fourth-order valence-electron chi connectivity index (χ4n) is 1.78. The van der Waals surface area contributed by atoms with Crippen LogP contribution in [0.15, 0.2) is 36.4 Å². The molecule has 0 saturated carbocycles. The summed E-state index contributed by atoms with van der Waals surface area (Å²) in [6, 6.07) is 8.66. The zero-order chi connectivity index (χ0) is 15.4. The Morgan fingerprint density at radius 2 is 1.81 bits per heavy atom. The number of carbonyl (C=O) groups excluding carboxylic acids is 1. The number of hydrogen-bond acceptors (Lipinski definition) is 3. The Balaban J connectivity index is 2.06. The summed E-state index contributed by atoms with van der Waals surface area (Å²) in [5.41, 5.74) is 6.15. The summed E-state index contributed by atoms with van der Waals surface area (Å²) in [6.45, 7) is 0.237. The SMILES string of the molecule is COc1ccc(CNC(=O)c2cc(F)c(F)cc2N)cc1. The molecular weight excluding hydrogens is 278 g/mol. The van der Waals surface area contributed by atoms with E-state index in [4.69, 9.17) is 10.5 Å². The number of nitrogens with two attached hydrogens (primary N) is 1. The van der Waals surface area contributed by atoms with Gasteiger partial charge in [0.15, 0.2) is 11.6 Å². The topological polar surface area (TPSA) is 64.3 Å². The van der Waals surface area contributed by atoms with Crippen molar-refractivity contribution in [2.24, 2.45) is 0 Å². The van der Waals surface area contributed by atoms with E-state index in [1.54, 1.807) is 31.4 Å². The Kier molecular flexibility index (Phi) is 4.37. The first-order valence-corrected chi connectivity index (χ1v) is 6.17. The van der Waals surface area contributed by atoms with Gasteiger partial charge >= 0.3 is 0 Å². The number of ether oxygens (including phenoxy) is 1. The van der Waals surface area contributed by atoms with Gasteiger partial charge in [0.25, 0.3) is 5.91 Å². The molecule has 2 rings (SSSR count). The number of nitrogens with one attached hydrogen (secondary N) is 1. The van der Waals surface area contributed by atoms with Crippen molar-refractivity contribution in [2.75, 3.05) is 12.8 Å². The minimum atomic E-state index is -1.11. The maximum atomic E-state index is 13.1. The van der Waals surface area contributed by atoms with Gasteiger partial charge in [-0.05, 0) is 23.8 Å². The number of amides is 1. The van der Waals surface area contributed by atoms with Crippen LogP contribution in [0.2, 0.25) is 0 Å². The lowest BCUT2D eigenvalue weighted by atomic mass is 10.1. The van der Waals surface area contributed by atoms with E-state index in [-0.39, 0.29) is 17.8 Å². The molecule has 0 aliphatic heterocycles. The number of carbonyl (C=O) groups is 1. The number of methoxy groups -OCH3 is 1. The van der Waals surface area contributed by atoms with Gasteiger partial charge < -0.3 is 15.8 Å². The average Bonchev–Trinajstić information content (AvgIpc) is 2.49. The van der Waals surface area contributed by atoms with Gasteiger partial charge in [-0.3, -0.25) is 4.79 Å². The highest BCUT2D eigenvalue weighted by Gasteiger charge is 2.14. The van der Waals surface area contributed by atoms with Gasteiger partial charge in [-0.2, -0.15) is 0 Å². The molecule has 0 spiro atoms. The summed E-state index contributed by atoms with van der Waals surface area (Å²) in [7, 11) is 1.56. The summed E-state index contributed by atoms with van der Waals surface area (Å²) >= 11 is 0. The first-order chi connectivity index (χ1) is 10.0. The van der Waals surface area contributed by atoms with Crippen LogP contribution in [0.25, 0.3) is 0 Å². The number of hydrogen-bond donors (Lipinski definition) is 2. The van der Waals surface area contributed by atoms with Gasteiger partial charge in [0.1, 0.15) is 5.75 Å². The summed E-state index contributed by atoms with van der Waals surface area (Å²) in [4.78, 5) is 11.9. The van der Waals surface area contributed by atoms with Crippen LogP contribution < -0.4 is 15.8 Å². The molecule has 2 aromatic rings. The Morgan fingerprint density at radius 1 is 1.19 bits per heavy atom. The Morgan fingerprint density at radius 3 is 2.43 bits per heavy atom. The standard InChI is InChI=1S/C15H14F2N2O2/c1-21-10-4-2-9(3-5-10)8-19-15(20)11-6-12(16)13(17)7-14(11)18/h2-7H,8,18H2,1H3,(H,19,20). The lowest BCUT2D eigenvalue weighted by molar-refractivity contribution is 0.0951. The maximum absolute atomic E-state index is 13.1. The Labute approximate surface area is 120 Å². The smallest absolute Gasteiger partial charge is 0.253 e. The Bertz CT molecular complexity index is 657. The van der Waals surface area contributed by atoms with Crippen molar-refractivity contribution >= 4 is 11.6 Å². The van der Waals surface area contributed by atoms with Crippen molar-refractivity contribution in [2.45, 2.75) is 6.54 Å². The third-order valence-electron chi connectivity index (χ3n) is 2.95. The van der Waals surface area contributed by atoms with E-state index in [1.807, 2.05) is 0 Å². The normalized spacial score (nSPS) is 10.2. The lowest BCUT2D eigenvalue weighted by Crippen LogP contribution is -2.24. The van der Waals surface area contributed by atoms with Crippen LogP contribution in [0.5, 0.6) is 5.75 Å². The van der Waals surface area contributed by atoms with E-state index in [0.717, 1.165) is 17.7 Å². The largest absolute Gasteiger partial charge is 0.497 e. The third kappa shape index (κ3) is 3.47. The van der Waals surface area contributed by atoms with E-state index in [1.165, 1.54) is 0 Å². The molecule has 0 fully saturated rings. The van der Waals surface area contributed by atoms with E-state index in [9.17, 15) is 13.6 Å². The second-order valence-electron chi connectivity index (χ2n) is 4.38. The van der Waals surface area contributed by atoms with Gasteiger partial charge in [0, 0.05) is 18.3 Å². The molecule has 0 aliphatic carbocycles. The van der Waals surface area contributed by atoms with E-state index in [0.29, 0.717) is 5.75 Å². The number of halogens is 2. The molecule has 110 valence electrons. The van der Waals surface area contributed by atoms with Crippen molar-refractivity contribution in [1.29, 1.82) is 0 Å². The molecule has 2 aromatic carbocycles. The second-order valence-corrected chi connectivity index (χ2v) is 4.38. The van der Waals surface area contributed by atoms with E-state index < -0.39 is 17.5 Å². The zero-order valence-electron chi connectivity index (χ0n) is 11.3. The van der Waals surface area contributed by atoms with Crippen LogP contribution in [-0.2, 0) is 6.54 Å².